The van der Waals surface area contributed by atoms with E-state index in [1.807, 2.05) is 0 Å². The highest BCUT2D eigenvalue weighted by molar-refractivity contribution is 7.98. The molecule has 0 bridgehead atoms. The van der Waals surface area contributed by atoms with Crippen LogP contribution in [-0.2, 0) is 4.79 Å². The molecule has 4 aliphatic heterocycles. The van der Waals surface area contributed by atoms with Crippen LogP contribution in [0.2, 0.25) is 0 Å². The van der Waals surface area contributed by atoms with Crippen LogP contribution in [0.15, 0.2) is 0 Å². The highest BCUT2D eigenvalue weighted by Gasteiger charge is 2.49. The van der Waals surface area contributed by atoms with Gasteiger partial charge in [0.15, 0.2) is 0 Å². The quantitative estimate of drug-likeness (QED) is 0.331. The fourth-order valence-electron chi connectivity index (χ4n) is 4.80. The lowest BCUT2D eigenvalue weighted by atomic mass is 9.82. The van der Waals surface area contributed by atoms with Gasteiger partial charge in [-0.3, -0.25) is 14.8 Å². The first kappa shape index (κ1) is 18.9. The van der Waals surface area contributed by atoms with Crippen LogP contribution in [0.3, 0.4) is 0 Å². The van der Waals surface area contributed by atoms with E-state index in [9.17, 15) is 9.18 Å². The molecule has 1 amide bonds. The summed E-state index contributed by atoms with van der Waals surface area (Å²) in [4.78, 5) is 13.0. The zero-order valence-electron chi connectivity index (χ0n) is 15.1. The van der Waals surface area contributed by atoms with Crippen molar-refractivity contribution in [3.63, 3.8) is 0 Å². The molecule has 10 heteroatoms. The molecule has 0 aromatic heterocycles. The Morgan fingerprint density at radius 2 is 2.23 bits per heavy atom. The van der Waals surface area contributed by atoms with Crippen molar-refractivity contribution in [3.8, 4) is 0 Å². The van der Waals surface area contributed by atoms with Crippen LogP contribution in [0, 0.1) is 17.8 Å². The van der Waals surface area contributed by atoms with Gasteiger partial charge in [-0.1, -0.05) is 11.9 Å². The lowest BCUT2D eigenvalue weighted by Gasteiger charge is -2.35. The smallest absolute Gasteiger partial charge is 0.230 e. The lowest BCUT2D eigenvalue weighted by molar-refractivity contribution is -0.127. The average Bonchev–Trinajstić information content (AvgIpc) is 3.14. The zero-order chi connectivity index (χ0) is 18.3. The molecule has 4 aliphatic rings. The summed E-state index contributed by atoms with van der Waals surface area (Å²) in [5.74, 6) is 0.431. The molecule has 8 nitrogen and oxygen atoms in total. The molecular formula is C16H30FN7OS. The van der Waals surface area contributed by atoms with Gasteiger partial charge in [-0.05, 0) is 38.8 Å². The van der Waals surface area contributed by atoms with Gasteiger partial charge in [-0.15, -0.1) is 0 Å². The van der Waals surface area contributed by atoms with E-state index < -0.39 is 18.3 Å². The molecule has 0 aromatic carbocycles. The number of hydrogen-bond acceptors (Lipinski definition) is 8. The van der Waals surface area contributed by atoms with E-state index in [1.165, 1.54) is 12.8 Å². The summed E-state index contributed by atoms with van der Waals surface area (Å²) < 4.78 is 17.0. The van der Waals surface area contributed by atoms with Crippen LogP contribution in [-0.4, -0.2) is 67.0 Å². The number of piperidine rings is 1. The number of fused-ring (bicyclic) bond motifs is 1. The largest absolute Gasteiger partial charge is 0.342 e. The number of nitrogens with zero attached hydrogens (tertiary/aromatic N) is 1. The minimum atomic E-state index is -0.952. The average molecular weight is 388 g/mol. The SMILES string of the molecule is CC1NSC(NC(=O)C2C(N)NN3CC(F)CNC23)C1C1CCCNC1. The Bertz CT molecular complexity index is 523. The molecular weight excluding hydrogens is 357 g/mol. The van der Waals surface area contributed by atoms with E-state index in [-0.39, 0.29) is 30.5 Å². The number of rotatable bonds is 3. The van der Waals surface area contributed by atoms with Crippen molar-refractivity contribution in [1.82, 2.24) is 31.1 Å². The van der Waals surface area contributed by atoms with Crippen molar-refractivity contribution in [2.75, 3.05) is 26.2 Å². The van der Waals surface area contributed by atoms with E-state index in [0.717, 1.165) is 13.1 Å². The van der Waals surface area contributed by atoms with E-state index >= 15 is 0 Å². The van der Waals surface area contributed by atoms with Crippen molar-refractivity contribution >= 4 is 17.9 Å². The van der Waals surface area contributed by atoms with Crippen LogP contribution in [0.5, 0.6) is 0 Å². The normalized spacial score (nSPS) is 46.9. The standard InChI is InChI=1S/C16H30FN7OS/c1-8-11(9-3-2-4-19-5-9)16(26-23-8)21-15(25)12-13(18)22-24-7-10(17)6-20-14(12)24/h8-14,16,19-20,22-23H,2-7,18H2,1H3,(H,21,25). The van der Waals surface area contributed by atoms with Gasteiger partial charge >= 0.3 is 0 Å². The molecule has 26 heavy (non-hydrogen) atoms. The van der Waals surface area contributed by atoms with E-state index in [2.05, 4.69) is 33.0 Å². The van der Waals surface area contributed by atoms with E-state index in [1.54, 1.807) is 17.0 Å². The van der Waals surface area contributed by atoms with Gasteiger partial charge in [0.2, 0.25) is 5.91 Å². The monoisotopic (exact) mass is 387 g/mol. The van der Waals surface area contributed by atoms with Gasteiger partial charge in [0, 0.05) is 25.0 Å². The van der Waals surface area contributed by atoms with Gasteiger partial charge in [0.1, 0.15) is 6.17 Å². The molecule has 4 rings (SSSR count). The van der Waals surface area contributed by atoms with Crippen LogP contribution in [0.25, 0.3) is 0 Å². The molecule has 4 heterocycles. The molecule has 0 saturated carbocycles. The second kappa shape index (κ2) is 7.86. The van der Waals surface area contributed by atoms with Gasteiger partial charge in [-0.2, -0.15) is 0 Å². The predicted molar refractivity (Wildman–Crippen MR) is 99.2 cm³/mol. The molecule has 0 aliphatic carbocycles. The van der Waals surface area contributed by atoms with Gasteiger partial charge in [0.25, 0.3) is 0 Å². The Hall–Kier alpha value is -0.490. The van der Waals surface area contributed by atoms with Gasteiger partial charge in [-0.25, -0.2) is 14.8 Å². The van der Waals surface area contributed by atoms with Crippen molar-refractivity contribution in [1.29, 1.82) is 0 Å². The van der Waals surface area contributed by atoms with Crippen molar-refractivity contribution in [3.05, 3.63) is 0 Å². The Balaban J connectivity index is 1.42. The zero-order valence-corrected chi connectivity index (χ0v) is 15.9. The molecule has 4 fully saturated rings. The lowest BCUT2D eigenvalue weighted by Crippen LogP contribution is -2.59. The van der Waals surface area contributed by atoms with Gasteiger partial charge in [0.05, 0.1) is 23.6 Å². The Kier molecular flexibility index (Phi) is 5.70. The molecule has 0 aromatic rings. The Labute approximate surface area is 158 Å². The number of carbonyl (C=O) groups excluding carboxylic acids is 1. The maximum atomic E-state index is 13.6. The molecule has 0 spiro atoms. The fraction of sp³-hybridized carbons (Fsp3) is 0.938. The van der Waals surface area contributed by atoms with Crippen molar-refractivity contribution in [2.24, 2.45) is 23.5 Å². The van der Waals surface area contributed by atoms with Crippen LogP contribution < -0.4 is 31.8 Å². The second-order valence-corrected chi connectivity index (χ2v) is 8.90. The summed E-state index contributed by atoms with van der Waals surface area (Å²) in [6, 6.07) is 0.349. The molecule has 8 unspecified atom stereocenters. The molecule has 7 N–H and O–H groups in total. The summed E-state index contributed by atoms with van der Waals surface area (Å²) >= 11 is 1.61. The number of hydrazine groups is 1. The van der Waals surface area contributed by atoms with Crippen LogP contribution >= 0.6 is 11.9 Å². The summed E-state index contributed by atoms with van der Waals surface area (Å²) in [5, 5.41) is 11.6. The number of alkyl halides is 1. The summed E-state index contributed by atoms with van der Waals surface area (Å²) in [5.41, 5.74) is 9.20. The number of amides is 1. The van der Waals surface area contributed by atoms with E-state index in [0.29, 0.717) is 17.9 Å². The molecule has 148 valence electrons. The number of carbonyl (C=O) groups is 1. The van der Waals surface area contributed by atoms with Crippen molar-refractivity contribution < 1.29 is 9.18 Å². The topological polar surface area (TPSA) is 106 Å². The number of nitrogens with one attached hydrogen (secondary N) is 5. The summed E-state index contributed by atoms with van der Waals surface area (Å²) in [6.45, 7) is 4.78. The first-order valence-corrected chi connectivity index (χ1v) is 10.5. The Morgan fingerprint density at radius 1 is 1.38 bits per heavy atom. The summed E-state index contributed by atoms with van der Waals surface area (Å²) in [6.07, 6.45) is 0.651. The minimum Gasteiger partial charge on any atom is -0.342 e. The first-order valence-electron chi connectivity index (χ1n) is 9.62. The maximum Gasteiger partial charge on any atom is 0.230 e. The second-order valence-electron chi connectivity index (χ2n) is 7.92. The van der Waals surface area contributed by atoms with Crippen LogP contribution in [0.1, 0.15) is 19.8 Å². The summed E-state index contributed by atoms with van der Waals surface area (Å²) in [7, 11) is 0. The van der Waals surface area contributed by atoms with Crippen molar-refractivity contribution in [2.45, 2.75) is 49.7 Å². The third-order valence-corrected chi connectivity index (χ3v) is 7.29. The fourth-order valence-corrected chi connectivity index (χ4v) is 6.11. The van der Waals surface area contributed by atoms with E-state index in [4.69, 9.17) is 5.73 Å². The highest BCUT2D eigenvalue weighted by Crippen LogP contribution is 2.36. The molecule has 4 saturated heterocycles. The number of nitrogens with two attached hydrogens (primary N) is 1. The number of halogens is 1. The third kappa shape index (κ3) is 3.60. The minimum absolute atomic E-state index is 0.0289. The number of hydrogen-bond donors (Lipinski definition) is 6. The first-order chi connectivity index (χ1) is 12.5. The maximum absolute atomic E-state index is 13.6. The van der Waals surface area contributed by atoms with Crippen LogP contribution in [0.4, 0.5) is 4.39 Å². The molecule has 0 radical (unpaired) electrons. The molecule has 8 atom stereocenters. The highest BCUT2D eigenvalue weighted by atomic mass is 32.2. The Morgan fingerprint density at radius 3 is 3.00 bits per heavy atom. The van der Waals surface area contributed by atoms with Gasteiger partial charge < -0.3 is 16.4 Å². The predicted octanol–water partition coefficient (Wildman–Crippen LogP) is -1.33. The third-order valence-electron chi connectivity index (χ3n) is 6.10.